The molecule has 1 aromatic rings. The van der Waals surface area contributed by atoms with Crippen molar-refractivity contribution >= 4 is 5.82 Å². The summed E-state index contributed by atoms with van der Waals surface area (Å²) in [5, 5.41) is 3.46. The smallest absolute Gasteiger partial charge is 0.136 e. The van der Waals surface area contributed by atoms with Crippen molar-refractivity contribution in [3.63, 3.8) is 0 Å². The first-order chi connectivity index (χ1) is 10.4. The number of aromatic nitrogens is 2. The van der Waals surface area contributed by atoms with Crippen LogP contribution in [0.3, 0.4) is 0 Å². The van der Waals surface area contributed by atoms with Gasteiger partial charge in [-0.3, -0.25) is 4.90 Å². The summed E-state index contributed by atoms with van der Waals surface area (Å²) in [5.74, 6) is 1.19. The van der Waals surface area contributed by atoms with Gasteiger partial charge in [0.1, 0.15) is 12.1 Å². The van der Waals surface area contributed by atoms with Crippen LogP contribution in [0.5, 0.6) is 0 Å². The Balaban J connectivity index is 1.50. The summed E-state index contributed by atoms with van der Waals surface area (Å²) in [7, 11) is 0. The van der Waals surface area contributed by atoms with Crippen molar-refractivity contribution in [2.24, 2.45) is 0 Å². The second kappa shape index (κ2) is 5.89. The standard InChI is InChI=1S/C16H25N5/c1-2-7-20(8-3-1)13-5-9-21(11-13)16-14-10-17-6-4-15(14)18-12-19-16/h12-13,17H,1-11H2. The molecule has 1 aromatic heterocycles. The van der Waals surface area contributed by atoms with Gasteiger partial charge in [-0.25, -0.2) is 9.97 Å². The molecule has 2 fully saturated rings. The third-order valence-electron chi connectivity index (χ3n) is 5.22. The minimum Gasteiger partial charge on any atom is -0.355 e. The molecule has 5 heteroatoms. The Bertz CT molecular complexity index is 497. The summed E-state index contributed by atoms with van der Waals surface area (Å²) < 4.78 is 0. The molecule has 114 valence electrons. The van der Waals surface area contributed by atoms with E-state index in [9.17, 15) is 0 Å². The van der Waals surface area contributed by atoms with Crippen LogP contribution in [0.25, 0.3) is 0 Å². The fourth-order valence-electron chi connectivity index (χ4n) is 4.04. The highest BCUT2D eigenvalue weighted by Crippen LogP contribution is 2.28. The molecule has 21 heavy (non-hydrogen) atoms. The van der Waals surface area contributed by atoms with E-state index in [-0.39, 0.29) is 0 Å². The van der Waals surface area contributed by atoms with E-state index in [0.29, 0.717) is 0 Å². The van der Waals surface area contributed by atoms with Crippen molar-refractivity contribution < 1.29 is 0 Å². The van der Waals surface area contributed by atoms with Crippen LogP contribution in [-0.2, 0) is 13.0 Å². The van der Waals surface area contributed by atoms with Crippen LogP contribution in [0, 0.1) is 0 Å². The monoisotopic (exact) mass is 287 g/mol. The number of anilines is 1. The predicted octanol–water partition coefficient (Wildman–Crippen LogP) is 1.19. The molecular formula is C16H25N5. The lowest BCUT2D eigenvalue weighted by molar-refractivity contribution is 0.174. The largest absolute Gasteiger partial charge is 0.355 e. The normalized spacial score (nSPS) is 26.9. The van der Waals surface area contributed by atoms with Crippen LogP contribution in [0.15, 0.2) is 6.33 Å². The molecule has 0 radical (unpaired) electrons. The van der Waals surface area contributed by atoms with E-state index in [1.807, 2.05) is 0 Å². The van der Waals surface area contributed by atoms with Crippen molar-refractivity contribution in [3.8, 4) is 0 Å². The third-order valence-corrected chi connectivity index (χ3v) is 5.22. The fraction of sp³-hybridized carbons (Fsp3) is 0.750. The molecule has 4 rings (SSSR count). The molecule has 1 unspecified atom stereocenters. The molecule has 1 N–H and O–H groups in total. The van der Waals surface area contributed by atoms with Crippen molar-refractivity contribution in [1.29, 1.82) is 0 Å². The molecule has 0 spiro atoms. The van der Waals surface area contributed by atoms with E-state index in [1.54, 1.807) is 6.33 Å². The Morgan fingerprint density at radius 3 is 2.90 bits per heavy atom. The molecule has 3 aliphatic heterocycles. The molecule has 0 amide bonds. The summed E-state index contributed by atoms with van der Waals surface area (Å²) in [6, 6.07) is 0.729. The average Bonchev–Trinajstić information content (AvgIpc) is 3.05. The molecule has 2 saturated heterocycles. The Kier molecular flexibility index (Phi) is 3.78. The number of rotatable bonds is 2. The van der Waals surface area contributed by atoms with Crippen molar-refractivity contribution in [2.75, 3.05) is 37.6 Å². The Morgan fingerprint density at radius 2 is 2.00 bits per heavy atom. The minimum absolute atomic E-state index is 0.729. The first kappa shape index (κ1) is 13.5. The number of hydrogen-bond donors (Lipinski definition) is 1. The minimum atomic E-state index is 0.729. The summed E-state index contributed by atoms with van der Waals surface area (Å²) in [6.07, 6.45) is 8.25. The van der Waals surface area contributed by atoms with Gasteiger partial charge in [0.15, 0.2) is 0 Å². The first-order valence-corrected chi connectivity index (χ1v) is 8.44. The molecule has 0 aromatic carbocycles. The van der Waals surface area contributed by atoms with Gasteiger partial charge in [-0.05, 0) is 32.4 Å². The number of nitrogens with one attached hydrogen (secondary N) is 1. The highest BCUT2D eigenvalue weighted by molar-refractivity contribution is 5.50. The number of hydrogen-bond acceptors (Lipinski definition) is 5. The van der Waals surface area contributed by atoms with E-state index in [4.69, 9.17) is 0 Å². The van der Waals surface area contributed by atoms with E-state index in [1.165, 1.54) is 55.8 Å². The van der Waals surface area contributed by atoms with E-state index < -0.39 is 0 Å². The zero-order valence-electron chi connectivity index (χ0n) is 12.7. The maximum absolute atomic E-state index is 4.61. The van der Waals surface area contributed by atoms with Gasteiger partial charge in [-0.2, -0.15) is 0 Å². The van der Waals surface area contributed by atoms with Crippen molar-refractivity contribution in [2.45, 2.75) is 44.7 Å². The number of piperidine rings is 1. The molecule has 3 aliphatic rings. The molecule has 0 bridgehead atoms. The highest BCUT2D eigenvalue weighted by Gasteiger charge is 2.31. The molecular weight excluding hydrogens is 262 g/mol. The Morgan fingerprint density at radius 1 is 1.10 bits per heavy atom. The zero-order valence-corrected chi connectivity index (χ0v) is 12.7. The third kappa shape index (κ3) is 2.64. The van der Waals surface area contributed by atoms with Gasteiger partial charge in [0.2, 0.25) is 0 Å². The fourth-order valence-corrected chi connectivity index (χ4v) is 4.04. The molecule has 1 atom stereocenters. The lowest BCUT2D eigenvalue weighted by Crippen LogP contribution is -2.41. The highest BCUT2D eigenvalue weighted by atomic mass is 15.3. The lowest BCUT2D eigenvalue weighted by atomic mass is 10.1. The van der Waals surface area contributed by atoms with Crippen molar-refractivity contribution in [3.05, 3.63) is 17.6 Å². The van der Waals surface area contributed by atoms with Gasteiger partial charge < -0.3 is 10.2 Å². The van der Waals surface area contributed by atoms with Crippen LogP contribution < -0.4 is 10.2 Å². The number of fused-ring (bicyclic) bond motifs is 1. The predicted molar refractivity (Wildman–Crippen MR) is 83.5 cm³/mol. The van der Waals surface area contributed by atoms with Crippen molar-refractivity contribution in [1.82, 2.24) is 20.2 Å². The van der Waals surface area contributed by atoms with E-state index >= 15 is 0 Å². The topological polar surface area (TPSA) is 44.3 Å². The van der Waals surface area contributed by atoms with Gasteiger partial charge in [0.05, 0.1) is 5.69 Å². The molecule has 4 heterocycles. The van der Waals surface area contributed by atoms with Crippen LogP contribution in [0.4, 0.5) is 5.82 Å². The quantitative estimate of drug-likeness (QED) is 0.885. The number of likely N-dealkylation sites (tertiary alicyclic amines) is 1. The SMILES string of the molecule is c1nc2c(c(N3CCC(N4CCCCC4)C3)n1)CNCC2. The average molecular weight is 287 g/mol. The van der Waals surface area contributed by atoms with Crippen LogP contribution in [0.2, 0.25) is 0 Å². The molecule has 5 nitrogen and oxygen atoms in total. The summed E-state index contributed by atoms with van der Waals surface area (Å²) >= 11 is 0. The van der Waals surface area contributed by atoms with Gasteiger partial charge in [0, 0.05) is 44.2 Å². The van der Waals surface area contributed by atoms with E-state index in [0.717, 1.165) is 38.6 Å². The van der Waals surface area contributed by atoms with E-state index in [2.05, 4.69) is 25.1 Å². The van der Waals surface area contributed by atoms with Gasteiger partial charge >= 0.3 is 0 Å². The summed E-state index contributed by atoms with van der Waals surface area (Å²) in [5.41, 5.74) is 2.59. The number of nitrogens with zero attached hydrogens (tertiary/aromatic N) is 4. The van der Waals surface area contributed by atoms with Crippen LogP contribution in [0.1, 0.15) is 36.9 Å². The van der Waals surface area contributed by atoms with Gasteiger partial charge in [-0.15, -0.1) is 0 Å². The lowest BCUT2D eigenvalue weighted by Gasteiger charge is -2.32. The first-order valence-electron chi connectivity index (χ1n) is 8.44. The molecule has 0 saturated carbocycles. The summed E-state index contributed by atoms with van der Waals surface area (Å²) in [4.78, 5) is 14.3. The molecule has 0 aliphatic carbocycles. The second-order valence-electron chi connectivity index (χ2n) is 6.53. The zero-order chi connectivity index (χ0) is 14.1. The maximum atomic E-state index is 4.61. The van der Waals surface area contributed by atoms with Crippen LogP contribution >= 0.6 is 0 Å². The van der Waals surface area contributed by atoms with Gasteiger partial charge in [-0.1, -0.05) is 6.42 Å². The maximum Gasteiger partial charge on any atom is 0.136 e. The van der Waals surface area contributed by atoms with Crippen LogP contribution in [-0.4, -0.2) is 53.6 Å². The second-order valence-corrected chi connectivity index (χ2v) is 6.53. The Hall–Kier alpha value is -1.20. The van der Waals surface area contributed by atoms with Gasteiger partial charge in [0.25, 0.3) is 0 Å². The Labute approximate surface area is 126 Å². The summed E-state index contributed by atoms with van der Waals surface area (Å²) in [6.45, 7) is 6.84.